The number of benzene rings is 2. The zero-order chi connectivity index (χ0) is 73.8. The van der Waals surface area contributed by atoms with Crippen molar-refractivity contribution in [1.82, 2.24) is 0 Å². The first kappa shape index (κ1) is 110. The van der Waals surface area contributed by atoms with Gasteiger partial charge in [-0.2, -0.15) is 0 Å². The van der Waals surface area contributed by atoms with Crippen molar-refractivity contribution in [2.75, 3.05) is 75.8 Å². The van der Waals surface area contributed by atoms with Crippen molar-refractivity contribution >= 4 is 63.7 Å². The average Bonchev–Trinajstić information content (AvgIpc) is 0.764. The topological polar surface area (TPSA) is 579 Å². The smallest absolute Gasteiger partial charge is 0.748 e. The van der Waals surface area contributed by atoms with Crippen molar-refractivity contribution < 1.29 is 398 Å². The van der Waals surface area contributed by atoms with E-state index in [1.165, 1.54) is 21.3 Å². The van der Waals surface area contributed by atoms with Gasteiger partial charge in [0.1, 0.15) is 110 Å². The Kier molecular flexibility index (Phi) is 51.7. The predicted molar refractivity (Wildman–Crippen MR) is 305 cm³/mol. The van der Waals surface area contributed by atoms with Gasteiger partial charge in [0.2, 0.25) is 41.6 Å². The van der Waals surface area contributed by atoms with Gasteiger partial charge in [0, 0.05) is 62.6 Å². The zero-order valence-electron chi connectivity index (χ0n) is 60.6. The van der Waals surface area contributed by atoms with Crippen LogP contribution in [-0.2, 0) is 181 Å². The molecule has 0 bridgehead atoms. The molecule has 42 nitrogen and oxygen atoms in total. The van der Waals surface area contributed by atoms with E-state index < -0.39 is 256 Å². The summed E-state index contributed by atoms with van der Waals surface area (Å²) in [5.41, 5.74) is 0.836. The van der Waals surface area contributed by atoms with E-state index in [0.29, 0.717) is 11.1 Å². The van der Waals surface area contributed by atoms with Gasteiger partial charge >= 0.3 is 207 Å². The molecule has 0 aliphatic carbocycles. The third kappa shape index (κ3) is 32.2. The van der Waals surface area contributed by atoms with Crippen LogP contribution in [0.3, 0.4) is 0 Å². The molecule has 5 aliphatic heterocycles. The number of carbonyl (C=O) groups is 2. The van der Waals surface area contributed by atoms with Crippen LogP contribution in [0.15, 0.2) is 60.7 Å². The third-order valence-electron chi connectivity index (χ3n) is 16.0. The first-order valence-corrected chi connectivity index (χ1v) is 36.2. The van der Waals surface area contributed by atoms with Crippen LogP contribution in [0.5, 0.6) is 0 Å². The monoisotopic (exact) mass is 1700 g/mol. The maximum Gasteiger partial charge on any atom is 1.00 e. The maximum absolute atomic E-state index is 13.6. The van der Waals surface area contributed by atoms with E-state index in [4.69, 9.17) is 90.0 Å². The summed E-state index contributed by atoms with van der Waals surface area (Å²) in [6.07, 6.45) is -51.4. The summed E-state index contributed by atoms with van der Waals surface area (Å²) in [6.45, 7) is -3.39. The van der Waals surface area contributed by atoms with E-state index in [2.05, 4.69) is 16.7 Å². The molecule has 107 heavy (non-hydrogen) atoms. The molecule has 2 aromatic carbocycles. The first-order valence-electron chi connectivity index (χ1n) is 29.3. The number of methoxy groups -OCH3 is 8. The van der Waals surface area contributed by atoms with Gasteiger partial charge in [0.15, 0.2) is 37.6 Å². The molecule has 0 amide bonds. The molecule has 5 fully saturated rings. The summed E-state index contributed by atoms with van der Waals surface area (Å²) in [4.78, 5) is 27.1. The van der Waals surface area contributed by atoms with Crippen molar-refractivity contribution in [1.29, 1.82) is 0 Å². The number of hydrogen-bond acceptors (Lipinski definition) is 42. The molecule has 54 heteroatoms. The number of rotatable bonds is 37. The number of carboxylic acid groups (broad SMARTS) is 2. The van der Waals surface area contributed by atoms with Crippen LogP contribution in [0, 0.1) is 0 Å². The molecule has 5 aliphatic rings. The molecule has 0 aromatic heterocycles. The van der Waals surface area contributed by atoms with Gasteiger partial charge in [0.05, 0.1) is 54.6 Å². The molecule has 2 aromatic rings. The Hall–Kier alpha value is 3.01. The summed E-state index contributed by atoms with van der Waals surface area (Å²) in [5, 5.41) is 27.1. The summed E-state index contributed by atoms with van der Waals surface area (Å²) in [5.74, 6) is -5.56. The first-order chi connectivity index (χ1) is 47.0. The van der Waals surface area contributed by atoms with Gasteiger partial charge in [-0.25, -0.2) is 42.1 Å². The van der Waals surface area contributed by atoms with Crippen LogP contribution in [-0.4, -0.2) is 306 Å². The van der Waals surface area contributed by atoms with Gasteiger partial charge in [-0.15, -0.1) is 0 Å². The second-order valence-corrected chi connectivity index (χ2v) is 27.7. The van der Waals surface area contributed by atoms with Gasteiger partial charge in [0.25, 0.3) is 0 Å². The molecule has 0 unspecified atom stereocenters. The minimum absolute atomic E-state index is 0. The van der Waals surface area contributed by atoms with E-state index in [1.807, 2.05) is 0 Å². The van der Waals surface area contributed by atoms with Crippen LogP contribution in [0.4, 0.5) is 0 Å². The Morgan fingerprint density at radius 1 is 0.346 bits per heavy atom. The standard InChI is InChI=1S/C53H78O42S5.7Na/c1-73-30-28(23-83-97(61,62)63)87-50(42(77-5)33(30)74-2)90-37-34(75-3)43(78-6)51(92-40(37)47(54)55)88-31-27(19-20-96(58,59)60)85-53(45(82-22-26-17-13-10-14-18-26)36(31)81-21-25-15-11-9-12-16-25)91-38-35(76-4)44(79-7)52(93-41(38)48(56)57)89-32-29(24-84-98(64,65)66)86-49(80-8)46(95-100(70,71)72)39(32)94-99(67,68)69;;;;;;;/h9-18,27-46,49-53H,19-24H2,1-8H3,(H,54,55)(H,56,57)(H,58,59,60)(H,61,62,63)(H,64,65,66)(H,67,68,69)(H,70,71,72);;;;;;;/q;7*+1/p-7/t27-,28-,29-,30-,31-,32-,33+,34+,35+,36+,37+,38+,39+,40+,41-,42-,43-,44-,45-,46-,49+,50-,51-,52-,53-;;;;;;;/m1......./s1. The van der Waals surface area contributed by atoms with E-state index in [1.54, 1.807) is 60.7 Å². The molecule has 0 N–H and O–H groups in total. The quantitative estimate of drug-likeness (QED) is 0.0344. The van der Waals surface area contributed by atoms with Gasteiger partial charge in [-0.3, -0.25) is 16.7 Å². The summed E-state index contributed by atoms with van der Waals surface area (Å²) in [6, 6.07) is 16.1. The Morgan fingerprint density at radius 2 is 0.664 bits per heavy atom. The molecule has 0 saturated carbocycles. The van der Waals surface area contributed by atoms with Gasteiger partial charge < -0.3 is 133 Å². The van der Waals surface area contributed by atoms with E-state index >= 15 is 0 Å². The normalized spacial score (nSPS) is 33.3. The molecule has 25 atom stereocenters. The zero-order valence-corrected chi connectivity index (χ0v) is 78.7. The van der Waals surface area contributed by atoms with Crippen LogP contribution in [0.2, 0.25) is 0 Å². The minimum atomic E-state index is -6.13. The van der Waals surface area contributed by atoms with Crippen molar-refractivity contribution in [3.63, 3.8) is 0 Å². The number of ether oxygens (including phenoxy) is 19. The molecule has 0 radical (unpaired) electrons. The number of carbonyl (C=O) groups excluding carboxylic acids is 2. The van der Waals surface area contributed by atoms with Crippen molar-refractivity contribution in [2.24, 2.45) is 0 Å². The minimum Gasteiger partial charge on any atom is -0.748 e. The average molecular weight is 1700 g/mol. The van der Waals surface area contributed by atoms with Crippen molar-refractivity contribution in [2.45, 2.75) is 173 Å². The molecule has 7 rings (SSSR count). The summed E-state index contributed by atoms with van der Waals surface area (Å²) >= 11 is 0. The SMILES string of the molecule is CO[C@H]1O[C@H](COS(=O)(=O)[O-])[C@@H](O[C@@H]2O[C@@H](C(=O)[O-])[C@@H](O[C@H]3O[C@H](CCS(=O)(=O)[O-])[C@@H](O[C@@H]4O[C@H](C(=O)[O-])[C@@H](O[C@H]5O[C@H](COS(=O)(=O)[O-])[C@@H](OC)[C@H](OC)[C@H]5OC)[C@H](OC)[C@H]4OC)[C@H](OCc4ccccc4)[C@H]3OCc3ccccc3)[C@H](OC)[C@H]2OC)[C@H](OS(=O)(=O)[O-])[C@H]1OS(=O)(=O)[O-].[Na+].[Na+].[Na+].[Na+].[Na+].[Na+].[Na+]. The molecule has 572 valence electrons. The summed E-state index contributed by atoms with van der Waals surface area (Å²) < 4.78 is 313. The Balaban J connectivity index is 0.0000161. The number of hydrogen-bond donors (Lipinski definition) is 0. The van der Waals surface area contributed by atoms with Crippen LogP contribution < -0.4 is 217 Å². The number of aliphatic carboxylic acids is 2. The Bertz CT molecular complexity index is 3550. The fraction of sp³-hybridized carbons (Fsp3) is 0.736. The van der Waals surface area contributed by atoms with Crippen LogP contribution >= 0.6 is 0 Å². The van der Waals surface area contributed by atoms with Crippen LogP contribution in [0.1, 0.15) is 17.5 Å². The maximum atomic E-state index is 13.6. The van der Waals surface area contributed by atoms with E-state index in [0.717, 1.165) is 35.5 Å². The van der Waals surface area contributed by atoms with Gasteiger partial charge in [-0.1, -0.05) is 60.7 Å². The second-order valence-electron chi connectivity index (χ2n) is 22.1. The molecule has 0 spiro atoms. The van der Waals surface area contributed by atoms with Crippen molar-refractivity contribution in [3.8, 4) is 0 Å². The third-order valence-corrected chi connectivity index (χ3v) is 18.5. The Morgan fingerprint density at radius 3 is 1.02 bits per heavy atom. The van der Waals surface area contributed by atoms with Gasteiger partial charge in [-0.05, 0) is 17.5 Å². The second kappa shape index (κ2) is 50.3. The molecular formula is C53H71Na7O42S5. The number of carboxylic acids is 2. The van der Waals surface area contributed by atoms with Crippen LogP contribution in [0.25, 0.3) is 0 Å². The largest absolute Gasteiger partial charge is 1.00 e. The fourth-order valence-electron chi connectivity index (χ4n) is 11.8. The molecular weight excluding hydrogens is 1630 g/mol. The summed E-state index contributed by atoms with van der Waals surface area (Å²) in [7, 11) is -20.2. The molecule has 5 heterocycles. The van der Waals surface area contributed by atoms with E-state index in [-0.39, 0.29) is 207 Å². The Labute approximate surface area is 772 Å². The van der Waals surface area contributed by atoms with E-state index in [9.17, 15) is 84.7 Å². The predicted octanol–water partition coefficient (Wildman–Crippen LogP) is -27.8. The fourth-order valence-corrected chi connectivity index (χ4v) is 13.9. The molecule has 5 saturated heterocycles. The van der Waals surface area contributed by atoms with Crippen molar-refractivity contribution in [3.05, 3.63) is 71.8 Å².